The summed E-state index contributed by atoms with van der Waals surface area (Å²) in [4.78, 5) is 0. The zero-order valence-electron chi connectivity index (χ0n) is 5.78. The summed E-state index contributed by atoms with van der Waals surface area (Å²) < 4.78 is 1.49. The smallest absolute Gasteiger partial charge is 0.240 e. The molecule has 5 heteroatoms. The number of anilines is 1. The molecule has 5 nitrogen and oxygen atoms in total. The maximum absolute atomic E-state index is 5.37. The van der Waals surface area contributed by atoms with E-state index in [4.69, 9.17) is 5.73 Å². The van der Waals surface area contributed by atoms with Gasteiger partial charge < -0.3 is 5.73 Å². The third-order valence-electron chi connectivity index (χ3n) is 0.979. The van der Waals surface area contributed by atoms with Gasteiger partial charge in [-0.2, -0.15) is 0 Å². The highest BCUT2D eigenvalue weighted by atomic mass is 15.6. The molecule has 2 N–H and O–H groups in total. The van der Waals surface area contributed by atoms with E-state index >= 15 is 0 Å². The van der Waals surface area contributed by atoms with Crippen molar-refractivity contribution in [2.24, 2.45) is 0 Å². The van der Waals surface area contributed by atoms with Crippen LogP contribution in [-0.2, 0) is 6.54 Å². The van der Waals surface area contributed by atoms with Crippen LogP contribution in [0.5, 0.6) is 0 Å². The number of aromatic nitrogens is 4. The van der Waals surface area contributed by atoms with Crippen molar-refractivity contribution in [3.8, 4) is 0 Å². The molecule has 0 aliphatic rings. The molecule has 0 saturated heterocycles. The van der Waals surface area contributed by atoms with E-state index in [0.717, 1.165) is 5.57 Å². The first-order chi connectivity index (χ1) is 4.70. The lowest BCUT2D eigenvalue weighted by atomic mass is 10.4. The van der Waals surface area contributed by atoms with Gasteiger partial charge in [0, 0.05) is 0 Å². The van der Waals surface area contributed by atoms with Gasteiger partial charge in [-0.1, -0.05) is 17.3 Å². The van der Waals surface area contributed by atoms with Gasteiger partial charge in [0.15, 0.2) is 0 Å². The average Bonchev–Trinajstić information content (AvgIpc) is 2.15. The molecule has 0 unspecified atom stereocenters. The lowest BCUT2D eigenvalue weighted by Crippen LogP contribution is -2.05. The van der Waals surface area contributed by atoms with Crippen molar-refractivity contribution in [1.29, 1.82) is 0 Å². The minimum absolute atomic E-state index is 0.322. The normalized spacial score (nSPS) is 9.70. The van der Waals surface area contributed by atoms with E-state index in [0.29, 0.717) is 12.5 Å². The summed E-state index contributed by atoms with van der Waals surface area (Å²) in [5.74, 6) is 0.322. The Labute approximate surface area is 58.5 Å². The van der Waals surface area contributed by atoms with Crippen LogP contribution in [0.1, 0.15) is 6.92 Å². The Balaban J connectivity index is 2.74. The molecular formula is C5H9N5. The second kappa shape index (κ2) is 2.47. The van der Waals surface area contributed by atoms with Crippen LogP contribution in [0.15, 0.2) is 12.2 Å². The van der Waals surface area contributed by atoms with Gasteiger partial charge in [-0.15, -0.1) is 0 Å². The van der Waals surface area contributed by atoms with Gasteiger partial charge in [0.25, 0.3) is 0 Å². The molecule has 0 bridgehead atoms. The van der Waals surface area contributed by atoms with Crippen LogP contribution < -0.4 is 5.73 Å². The fourth-order valence-electron chi connectivity index (χ4n) is 0.580. The first kappa shape index (κ1) is 6.73. The Bertz CT molecular complexity index is 238. The molecule has 54 valence electrons. The predicted octanol–water partition coefficient (Wildman–Crippen LogP) is -0.169. The van der Waals surface area contributed by atoms with Crippen molar-refractivity contribution < 1.29 is 0 Å². The molecular weight excluding hydrogens is 130 g/mol. The van der Waals surface area contributed by atoms with E-state index in [1.54, 1.807) is 0 Å². The highest BCUT2D eigenvalue weighted by Gasteiger charge is 1.98. The molecule has 1 aromatic heterocycles. The quantitative estimate of drug-likeness (QED) is 0.577. The molecule has 1 heterocycles. The lowest BCUT2D eigenvalue weighted by Gasteiger charge is -1.97. The minimum atomic E-state index is 0.322. The molecule has 0 atom stereocenters. The number of nitrogen functional groups attached to an aromatic ring is 1. The number of nitrogens with zero attached hydrogens (tertiary/aromatic N) is 4. The molecule has 0 radical (unpaired) electrons. The third-order valence-corrected chi connectivity index (χ3v) is 0.979. The Kier molecular flexibility index (Phi) is 1.66. The standard InChI is InChI=1S/C5H9N5/c1-4(2)3-10-5(6)7-8-9-10/h1,3H2,2H3,(H2,6,7,9). The van der Waals surface area contributed by atoms with Gasteiger partial charge in [0.2, 0.25) is 5.95 Å². The molecule has 0 spiro atoms. The van der Waals surface area contributed by atoms with E-state index in [9.17, 15) is 0 Å². The van der Waals surface area contributed by atoms with E-state index < -0.39 is 0 Å². The largest absolute Gasteiger partial charge is 0.367 e. The van der Waals surface area contributed by atoms with Crippen LogP contribution in [0.4, 0.5) is 5.95 Å². The number of tetrazole rings is 1. The predicted molar refractivity (Wildman–Crippen MR) is 37.0 cm³/mol. The molecule has 1 aromatic rings. The Morgan fingerprint density at radius 2 is 2.50 bits per heavy atom. The number of allylic oxidation sites excluding steroid dienone is 1. The topological polar surface area (TPSA) is 69.6 Å². The van der Waals surface area contributed by atoms with Crippen molar-refractivity contribution in [3.05, 3.63) is 12.2 Å². The molecule has 0 saturated carbocycles. The fraction of sp³-hybridized carbons (Fsp3) is 0.400. The van der Waals surface area contributed by atoms with E-state index in [-0.39, 0.29) is 0 Å². The number of hydrogen-bond acceptors (Lipinski definition) is 4. The van der Waals surface area contributed by atoms with Crippen molar-refractivity contribution in [2.75, 3.05) is 5.73 Å². The Hall–Kier alpha value is -1.39. The second-order valence-corrected chi connectivity index (χ2v) is 2.15. The van der Waals surface area contributed by atoms with Crippen molar-refractivity contribution in [1.82, 2.24) is 20.2 Å². The van der Waals surface area contributed by atoms with Crippen molar-refractivity contribution in [3.63, 3.8) is 0 Å². The third kappa shape index (κ3) is 1.31. The maximum atomic E-state index is 5.37. The highest BCUT2D eigenvalue weighted by Crippen LogP contribution is 1.96. The van der Waals surface area contributed by atoms with E-state index in [2.05, 4.69) is 22.1 Å². The fourth-order valence-corrected chi connectivity index (χ4v) is 0.580. The van der Waals surface area contributed by atoms with Gasteiger partial charge in [0.05, 0.1) is 6.54 Å². The number of hydrogen-bond donors (Lipinski definition) is 1. The summed E-state index contributed by atoms with van der Waals surface area (Å²) in [6.07, 6.45) is 0. The molecule has 0 fully saturated rings. The van der Waals surface area contributed by atoms with E-state index in [1.807, 2.05) is 6.92 Å². The van der Waals surface area contributed by atoms with Crippen LogP contribution in [0, 0.1) is 0 Å². The molecule has 0 aliphatic carbocycles. The first-order valence-corrected chi connectivity index (χ1v) is 2.86. The van der Waals surface area contributed by atoms with Crippen molar-refractivity contribution >= 4 is 5.95 Å². The summed E-state index contributed by atoms with van der Waals surface area (Å²) in [5.41, 5.74) is 6.35. The Morgan fingerprint density at radius 3 is 2.90 bits per heavy atom. The minimum Gasteiger partial charge on any atom is -0.367 e. The van der Waals surface area contributed by atoms with Crippen LogP contribution in [0.25, 0.3) is 0 Å². The zero-order valence-corrected chi connectivity index (χ0v) is 5.78. The average molecular weight is 139 g/mol. The van der Waals surface area contributed by atoms with Crippen LogP contribution in [-0.4, -0.2) is 20.2 Å². The van der Waals surface area contributed by atoms with Crippen molar-refractivity contribution in [2.45, 2.75) is 13.5 Å². The summed E-state index contributed by atoms with van der Waals surface area (Å²) >= 11 is 0. The molecule has 1 rings (SSSR count). The summed E-state index contributed by atoms with van der Waals surface area (Å²) in [5, 5.41) is 10.5. The zero-order chi connectivity index (χ0) is 7.56. The summed E-state index contributed by atoms with van der Waals surface area (Å²) in [7, 11) is 0. The number of nitrogens with two attached hydrogens (primary N) is 1. The molecule has 10 heavy (non-hydrogen) atoms. The van der Waals surface area contributed by atoms with Crippen LogP contribution in [0.2, 0.25) is 0 Å². The van der Waals surface area contributed by atoms with Gasteiger partial charge in [0.1, 0.15) is 0 Å². The lowest BCUT2D eigenvalue weighted by molar-refractivity contribution is 0.649. The maximum Gasteiger partial charge on any atom is 0.240 e. The number of rotatable bonds is 2. The first-order valence-electron chi connectivity index (χ1n) is 2.86. The molecule has 0 aromatic carbocycles. The summed E-state index contributed by atoms with van der Waals surface area (Å²) in [6, 6.07) is 0. The summed E-state index contributed by atoms with van der Waals surface area (Å²) in [6.45, 7) is 6.17. The van der Waals surface area contributed by atoms with Gasteiger partial charge in [-0.3, -0.25) is 0 Å². The molecule has 0 aliphatic heterocycles. The highest BCUT2D eigenvalue weighted by molar-refractivity contribution is 5.11. The van der Waals surface area contributed by atoms with Gasteiger partial charge >= 0.3 is 0 Å². The van der Waals surface area contributed by atoms with Gasteiger partial charge in [-0.25, -0.2) is 4.68 Å². The monoisotopic (exact) mass is 139 g/mol. The Morgan fingerprint density at radius 1 is 1.80 bits per heavy atom. The SMILES string of the molecule is C=C(C)Cn1nnnc1N. The second-order valence-electron chi connectivity index (χ2n) is 2.15. The van der Waals surface area contributed by atoms with Crippen LogP contribution >= 0.6 is 0 Å². The van der Waals surface area contributed by atoms with E-state index in [1.165, 1.54) is 4.68 Å². The van der Waals surface area contributed by atoms with Gasteiger partial charge in [-0.05, 0) is 17.4 Å². The molecule has 0 amide bonds. The van der Waals surface area contributed by atoms with Crippen LogP contribution in [0.3, 0.4) is 0 Å².